The van der Waals surface area contributed by atoms with Crippen molar-refractivity contribution in [3.63, 3.8) is 0 Å². The number of H-pyrrole nitrogens is 1. The Hall–Kier alpha value is -2.41. The number of aromatic nitrogens is 1. The SMILES string of the molecule is CCCOc1c[nH]c(CS(=O)C(C)C(=O)Nc2ccccc2C)cc1=O. The first-order valence-electron chi connectivity index (χ1n) is 8.50. The molecule has 0 aliphatic carbocycles. The van der Waals surface area contributed by atoms with E-state index in [1.54, 1.807) is 13.0 Å². The Labute approximate surface area is 155 Å². The van der Waals surface area contributed by atoms with Gasteiger partial charge in [-0.2, -0.15) is 0 Å². The number of ether oxygens (including phenoxy) is 1. The number of amides is 1. The lowest BCUT2D eigenvalue weighted by atomic mass is 10.2. The second-order valence-electron chi connectivity index (χ2n) is 6.01. The number of carbonyl (C=O) groups is 1. The molecule has 26 heavy (non-hydrogen) atoms. The van der Waals surface area contributed by atoms with Gasteiger partial charge in [-0.25, -0.2) is 0 Å². The first kappa shape index (κ1) is 19.9. The summed E-state index contributed by atoms with van der Waals surface area (Å²) < 4.78 is 17.8. The van der Waals surface area contributed by atoms with Crippen LogP contribution in [0.1, 0.15) is 31.5 Å². The number of pyridine rings is 1. The molecule has 0 spiro atoms. The molecule has 1 amide bonds. The number of hydrogen-bond donors (Lipinski definition) is 2. The van der Waals surface area contributed by atoms with Crippen LogP contribution in [0.25, 0.3) is 0 Å². The van der Waals surface area contributed by atoms with Crippen LogP contribution in [-0.2, 0) is 21.3 Å². The zero-order valence-corrected chi connectivity index (χ0v) is 16.0. The fourth-order valence-electron chi connectivity index (χ4n) is 2.25. The summed E-state index contributed by atoms with van der Waals surface area (Å²) >= 11 is 0. The Balaban J connectivity index is 2.00. The minimum Gasteiger partial charge on any atom is -0.488 e. The molecule has 6 nitrogen and oxygen atoms in total. The summed E-state index contributed by atoms with van der Waals surface area (Å²) in [6.45, 7) is 5.92. The van der Waals surface area contributed by atoms with E-state index in [9.17, 15) is 13.8 Å². The van der Waals surface area contributed by atoms with Gasteiger partial charge in [0.05, 0.1) is 12.4 Å². The number of carbonyl (C=O) groups excluding carboxylic acids is 1. The topological polar surface area (TPSA) is 88.3 Å². The third-order valence-corrected chi connectivity index (χ3v) is 5.46. The van der Waals surface area contributed by atoms with Crippen molar-refractivity contribution >= 4 is 22.4 Å². The lowest BCUT2D eigenvalue weighted by Crippen LogP contribution is -2.30. The van der Waals surface area contributed by atoms with Crippen molar-refractivity contribution in [1.29, 1.82) is 0 Å². The molecule has 1 heterocycles. The largest absolute Gasteiger partial charge is 0.488 e. The van der Waals surface area contributed by atoms with Crippen LogP contribution in [0.15, 0.2) is 41.3 Å². The zero-order valence-electron chi connectivity index (χ0n) is 15.2. The number of anilines is 1. The molecule has 0 saturated carbocycles. The third-order valence-electron chi connectivity index (χ3n) is 3.86. The van der Waals surface area contributed by atoms with Crippen LogP contribution in [0.5, 0.6) is 5.75 Å². The number of hydrogen-bond acceptors (Lipinski definition) is 4. The van der Waals surface area contributed by atoms with Gasteiger partial charge < -0.3 is 15.0 Å². The van der Waals surface area contributed by atoms with Crippen LogP contribution >= 0.6 is 0 Å². The van der Waals surface area contributed by atoms with Crippen molar-refractivity contribution in [3.05, 3.63) is 58.0 Å². The fourth-order valence-corrected chi connectivity index (χ4v) is 3.27. The molecular weight excluding hydrogens is 352 g/mol. The molecule has 0 radical (unpaired) electrons. The van der Waals surface area contributed by atoms with E-state index in [-0.39, 0.29) is 22.8 Å². The molecule has 2 aromatic rings. The normalized spacial score (nSPS) is 13.0. The molecule has 0 bridgehead atoms. The molecule has 0 fully saturated rings. The van der Waals surface area contributed by atoms with Crippen molar-refractivity contribution < 1.29 is 13.7 Å². The van der Waals surface area contributed by atoms with Gasteiger partial charge >= 0.3 is 0 Å². The number of benzene rings is 1. The lowest BCUT2D eigenvalue weighted by molar-refractivity contribution is -0.115. The molecule has 7 heteroatoms. The van der Waals surface area contributed by atoms with Crippen LogP contribution in [-0.4, -0.2) is 27.0 Å². The van der Waals surface area contributed by atoms with Crippen LogP contribution in [0.3, 0.4) is 0 Å². The molecule has 2 N–H and O–H groups in total. The third kappa shape index (κ3) is 5.29. The van der Waals surface area contributed by atoms with E-state index in [0.29, 0.717) is 18.0 Å². The Morgan fingerprint density at radius 1 is 1.35 bits per heavy atom. The van der Waals surface area contributed by atoms with Crippen LogP contribution in [0.4, 0.5) is 5.69 Å². The minimum absolute atomic E-state index is 0.0889. The van der Waals surface area contributed by atoms with E-state index in [0.717, 1.165) is 12.0 Å². The standard InChI is InChI=1S/C19H24N2O4S/c1-4-9-25-18-11-20-15(10-17(18)22)12-26(24)14(3)19(23)21-16-8-6-5-7-13(16)2/h5-8,10-11,14H,4,9,12H2,1-3H3,(H,20,22)(H,21,23). The first-order chi connectivity index (χ1) is 12.4. The van der Waals surface area contributed by atoms with E-state index in [1.165, 1.54) is 12.3 Å². The maximum atomic E-state index is 12.5. The second kappa shape index (κ2) is 9.33. The van der Waals surface area contributed by atoms with Crippen molar-refractivity contribution in [2.75, 3.05) is 11.9 Å². The molecule has 2 unspecified atom stereocenters. The van der Waals surface area contributed by atoms with E-state index in [1.807, 2.05) is 32.0 Å². The highest BCUT2D eigenvalue weighted by atomic mass is 32.2. The highest BCUT2D eigenvalue weighted by Gasteiger charge is 2.21. The molecule has 2 rings (SSSR count). The van der Waals surface area contributed by atoms with Crippen LogP contribution in [0.2, 0.25) is 0 Å². The summed E-state index contributed by atoms with van der Waals surface area (Å²) in [5.74, 6) is 0.0145. The Kier molecular flexibility index (Phi) is 7.15. The summed E-state index contributed by atoms with van der Waals surface area (Å²) in [6.07, 6.45) is 2.28. The maximum Gasteiger partial charge on any atom is 0.239 e. The average molecular weight is 376 g/mol. The van der Waals surface area contributed by atoms with Crippen molar-refractivity contribution in [2.45, 2.75) is 38.2 Å². The zero-order chi connectivity index (χ0) is 19.1. The van der Waals surface area contributed by atoms with Gasteiger partial charge in [0.2, 0.25) is 11.3 Å². The summed E-state index contributed by atoms with van der Waals surface area (Å²) in [4.78, 5) is 27.2. The predicted octanol–water partition coefficient (Wildman–Crippen LogP) is 2.75. The molecule has 0 aliphatic heterocycles. The van der Waals surface area contributed by atoms with Gasteiger partial charge in [-0.3, -0.25) is 13.8 Å². The van der Waals surface area contributed by atoms with Gasteiger partial charge in [0, 0.05) is 34.4 Å². The number of aryl methyl sites for hydroxylation is 1. The average Bonchev–Trinajstić information content (AvgIpc) is 2.62. The van der Waals surface area contributed by atoms with E-state index >= 15 is 0 Å². The number of rotatable bonds is 8. The Bertz CT molecular complexity index is 847. The molecule has 2 atom stereocenters. The maximum absolute atomic E-state index is 12.5. The quantitative estimate of drug-likeness (QED) is 0.741. The van der Waals surface area contributed by atoms with Gasteiger partial charge in [-0.05, 0) is 31.9 Å². The summed E-state index contributed by atoms with van der Waals surface area (Å²) in [5, 5.41) is 2.08. The van der Waals surface area contributed by atoms with E-state index in [2.05, 4.69) is 10.3 Å². The molecular formula is C19H24N2O4S. The lowest BCUT2D eigenvalue weighted by Gasteiger charge is -2.14. The number of nitrogens with one attached hydrogen (secondary N) is 2. The van der Waals surface area contributed by atoms with Crippen molar-refractivity contribution in [2.24, 2.45) is 0 Å². The van der Waals surface area contributed by atoms with Gasteiger partial charge in [0.1, 0.15) is 5.25 Å². The number of aromatic amines is 1. The first-order valence-corrected chi connectivity index (χ1v) is 9.88. The minimum atomic E-state index is -1.47. The molecule has 0 aliphatic rings. The van der Waals surface area contributed by atoms with Crippen LogP contribution < -0.4 is 15.5 Å². The highest BCUT2D eigenvalue weighted by Crippen LogP contribution is 2.15. The Morgan fingerprint density at radius 2 is 2.08 bits per heavy atom. The molecule has 1 aromatic carbocycles. The van der Waals surface area contributed by atoms with E-state index < -0.39 is 16.0 Å². The predicted molar refractivity (Wildman–Crippen MR) is 104 cm³/mol. The monoisotopic (exact) mass is 376 g/mol. The van der Waals surface area contributed by atoms with Gasteiger partial charge in [0.25, 0.3) is 0 Å². The second-order valence-corrected chi connectivity index (χ2v) is 7.76. The van der Waals surface area contributed by atoms with Gasteiger partial charge in [-0.15, -0.1) is 0 Å². The van der Waals surface area contributed by atoms with Gasteiger partial charge in [-0.1, -0.05) is 25.1 Å². The smallest absolute Gasteiger partial charge is 0.239 e. The van der Waals surface area contributed by atoms with Crippen molar-refractivity contribution in [1.82, 2.24) is 4.98 Å². The summed E-state index contributed by atoms with van der Waals surface area (Å²) in [7, 11) is -1.47. The molecule has 1 aromatic heterocycles. The fraction of sp³-hybridized carbons (Fsp3) is 0.368. The Morgan fingerprint density at radius 3 is 2.73 bits per heavy atom. The molecule has 140 valence electrons. The van der Waals surface area contributed by atoms with Crippen molar-refractivity contribution in [3.8, 4) is 5.75 Å². The highest BCUT2D eigenvalue weighted by molar-refractivity contribution is 7.85. The van der Waals surface area contributed by atoms with Crippen LogP contribution in [0, 0.1) is 6.92 Å². The summed E-state index contributed by atoms with van der Waals surface area (Å²) in [6, 6.07) is 8.78. The number of para-hydroxylation sites is 1. The molecule has 0 saturated heterocycles. The van der Waals surface area contributed by atoms with Gasteiger partial charge in [0.15, 0.2) is 5.75 Å². The summed E-state index contributed by atoms with van der Waals surface area (Å²) in [5.41, 5.74) is 1.88. The van der Waals surface area contributed by atoms with E-state index in [4.69, 9.17) is 4.74 Å².